The lowest BCUT2D eigenvalue weighted by Gasteiger charge is -2.18. The van der Waals surface area contributed by atoms with Gasteiger partial charge in [-0.3, -0.25) is 9.52 Å². The van der Waals surface area contributed by atoms with Crippen LogP contribution in [-0.4, -0.2) is 64.6 Å². The normalized spacial score (nSPS) is 18.2. The minimum Gasteiger partial charge on any atom is -0.345 e. The van der Waals surface area contributed by atoms with Crippen LogP contribution in [0.1, 0.15) is 46.9 Å². The molecule has 2 fully saturated rings. The summed E-state index contributed by atoms with van der Waals surface area (Å²) >= 11 is 0. The molecule has 1 atom stereocenters. The van der Waals surface area contributed by atoms with E-state index in [2.05, 4.69) is 30.0 Å². The third-order valence-corrected chi connectivity index (χ3v) is 8.59. The van der Waals surface area contributed by atoms with E-state index in [1.54, 1.807) is 31.7 Å². The van der Waals surface area contributed by atoms with Crippen LogP contribution in [0.25, 0.3) is 22.2 Å². The van der Waals surface area contributed by atoms with Crippen molar-refractivity contribution in [3.63, 3.8) is 0 Å². The maximum absolute atomic E-state index is 15.5. The minimum absolute atomic E-state index is 0.0346. The number of pyridine rings is 1. The monoisotopic (exact) mass is 535 g/mol. The fraction of sp³-hybridized carbons (Fsp3) is 0.308. The Morgan fingerprint density at radius 1 is 1.08 bits per heavy atom. The zero-order valence-corrected chi connectivity index (χ0v) is 21.4. The molecule has 0 bridgehead atoms. The summed E-state index contributed by atoms with van der Waals surface area (Å²) in [6.07, 6.45) is 9.50. The lowest BCUT2D eigenvalue weighted by Crippen LogP contribution is -2.37. The Hall–Kier alpha value is -3.74. The first-order valence-electron chi connectivity index (χ1n) is 12.4. The number of fused-ring (bicyclic) bond motifs is 1. The summed E-state index contributed by atoms with van der Waals surface area (Å²) in [6, 6.07) is 5.91. The Kier molecular flexibility index (Phi) is 6.17. The fourth-order valence-electron chi connectivity index (χ4n) is 4.71. The largest absolute Gasteiger partial charge is 0.345 e. The van der Waals surface area contributed by atoms with Crippen LogP contribution in [-0.2, 0) is 10.2 Å². The maximum atomic E-state index is 15.5. The van der Waals surface area contributed by atoms with E-state index in [9.17, 15) is 13.2 Å². The number of rotatable bonds is 8. The van der Waals surface area contributed by atoms with Crippen molar-refractivity contribution in [3.05, 3.63) is 71.8 Å². The number of carbonyl (C=O) groups is 1. The summed E-state index contributed by atoms with van der Waals surface area (Å²) < 4.78 is 44.8. The van der Waals surface area contributed by atoms with Crippen LogP contribution in [0.5, 0.6) is 0 Å². The van der Waals surface area contributed by atoms with Crippen molar-refractivity contribution in [1.29, 1.82) is 0 Å². The molecule has 1 aromatic carbocycles. The molecule has 4 heterocycles. The van der Waals surface area contributed by atoms with Gasteiger partial charge in [-0.05, 0) is 44.5 Å². The molecule has 12 heteroatoms. The van der Waals surface area contributed by atoms with Gasteiger partial charge >= 0.3 is 10.2 Å². The highest BCUT2D eigenvalue weighted by atomic mass is 32.2. The van der Waals surface area contributed by atoms with Crippen LogP contribution in [0.3, 0.4) is 0 Å². The summed E-state index contributed by atoms with van der Waals surface area (Å²) in [7, 11) is -2.22. The van der Waals surface area contributed by atoms with Gasteiger partial charge in [0.15, 0.2) is 11.6 Å². The average molecular weight is 536 g/mol. The Balaban J connectivity index is 1.29. The van der Waals surface area contributed by atoms with E-state index in [-0.39, 0.29) is 29.4 Å². The molecule has 1 unspecified atom stereocenters. The summed E-state index contributed by atoms with van der Waals surface area (Å²) in [5, 5.41) is 3.56. The number of H-pyrrole nitrogens is 1. The molecule has 3 aromatic heterocycles. The third-order valence-electron chi connectivity index (χ3n) is 7.10. The quantitative estimate of drug-likeness (QED) is 0.295. The number of aromatic amines is 1. The molecule has 1 aliphatic heterocycles. The molecule has 10 nitrogen and oxygen atoms in total. The molecule has 1 saturated heterocycles. The summed E-state index contributed by atoms with van der Waals surface area (Å²) in [5.74, 6) is -0.259. The number of anilines is 1. The summed E-state index contributed by atoms with van der Waals surface area (Å²) in [5.41, 5.74) is 1.64. The lowest BCUT2D eigenvalue weighted by atomic mass is 10.0. The van der Waals surface area contributed by atoms with Crippen LogP contribution in [0.4, 0.5) is 10.1 Å². The van der Waals surface area contributed by atoms with Crippen LogP contribution in [0.15, 0.2) is 49.1 Å². The molecule has 4 aromatic rings. The zero-order valence-electron chi connectivity index (χ0n) is 20.6. The van der Waals surface area contributed by atoms with Gasteiger partial charge in [-0.15, -0.1) is 0 Å². The van der Waals surface area contributed by atoms with E-state index >= 15 is 4.39 Å². The highest BCUT2D eigenvalue weighted by Gasteiger charge is 2.32. The van der Waals surface area contributed by atoms with E-state index < -0.39 is 21.8 Å². The molecule has 6 rings (SSSR count). The van der Waals surface area contributed by atoms with Gasteiger partial charge in [0.05, 0.1) is 11.3 Å². The van der Waals surface area contributed by atoms with Crippen molar-refractivity contribution >= 4 is 32.7 Å². The number of hydrogen-bond donors (Lipinski definition) is 3. The summed E-state index contributed by atoms with van der Waals surface area (Å²) in [6.45, 7) is 0.602. The second-order valence-corrected chi connectivity index (χ2v) is 11.3. The van der Waals surface area contributed by atoms with Crippen molar-refractivity contribution in [1.82, 2.24) is 29.6 Å². The second-order valence-electron chi connectivity index (χ2n) is 9.66. The van der Waals surface area contributed by atoms with E-state index in [1.807, 2.05) is 0 Å². The predicted octanol–water partition coefficient (Wildman–Crippen LogP) is 3.22. The number of halogens is 1. The first kappa shape index (κ1) is 24.6. The topological polar surface area (TPSA) is 133 Å². The van der Waals surface area contributed by atoms with Gasteiger partial charge in [-0.1, -0.05) is 6.07 Å². The predicted molar refractivity (Wildman–Crippen MR) is 141 cm³/mol. The number of benzene rings is 1. The van der Waals surface area contributed by atoms with E-state index in [0.717, 1.165) is 29.8 Å². The standard InChI is InChI=1S/C26H26FN7O3S/c1-28-18-7-8-34(14-18)38(36,37)33-22-4-2-3-19(23(22)27)24(35)21-13-32-26-20(21)9-16(10-31-26)17-11-29-25(30-12-17)15-5-6-15/h2-4,9-13,15,18,28,33H,5-8,14H2,1H3,(H,31,32). The third kappa shape index (κ3) is 4.55. The molecule has 0 amide bonds. The molecule has 0 spiro atoms. The van der Waals surface area contributed by atoms with Gasteiger partial charge in [0, 0.05) is 71.9 Å². The van der Waals surface area contributed by atoms with E-state index in [1.165, 1.54) is 28.7 Å². The smallest absolute Gasteiger partial charge is 0.301 e. The first-order valence-corrected chi connectivity index (χ1v) is 13.9. The van der Waals surface area contributed by atoms with Crippen molar-refractivity contribution < 1.29 is 17.6 Å². The van der Waals surface area contributed by atoms with Crippen LogP contribution in [0.2, 0.25) is 0 Å². The van der Waals surface area contributed by atoms with Crippen LogP contribution < -0.4 is 10.0 Å². The second kappa shape index (κ2) is 9.53. The zero-order chi connectivity index (χ0) is 26.4. The van der Waals surface area contributed by atoms with Crippen LogP contribution in [0, 0.1) is 5.82 Å². The number of carbonyl (C=O) groups excluding carboxylic acids is 1. The molecular weight excluding hydrogens is 509 g/mol. The number of hydrogen-bond acceptors (Lipinski definition) is 7. The highest BCUT2D eigenvalue weighted by Crippen LogP contribution is 2.38. The molecule has 1 saturated carbocycles. The molecule has 3 N–H and O–H groups in total. The molecule has 196 valence electrons. The fourth-order valence-corrected chi connectivity index (χ4v) is 5.99. The number of ketones is 1. The lowest BCUT2D eigenvalue weighted by molar-refractivity contribution is 0.103. The van der Waals surface area contributed by atoms with Gasteiger partial charge in [-0.2, -0.15) is 12.7 Å². The molecule has 0 radical (unpaired) electrons. The molecule has 1 aliphatic carbocycles. The average Bonchev–Trinajstić information content (AvgIpc) is 3.49. The number of nitrogens with zero attached hydrogens (tertiary/aromatic N) is 4. The summed E-state index contributed by atoms with van der Waals surface area (Å²) in [4.78, 5) is 29.7. The van der Waals surface area contributed by atoms with Crippen molar-refractivity contribution in [3.8, 4) is 11.1 Å². The van der Waals surface area contributed by atoms with E-state index in [0.29, 0.717) is 29.9 Å². The Bertz CT molecular complexity index is 1630. The highest BCUT2D eigenvalue weighted by molar-refractivity contribution is 7.90. The SMILES string of the molecule is CNC1CCN(S(=O)(=O)Nc2cccc(C(=O)c3c[nH]c4ncc(-c5cnc(C6CC6)nc5)cc34)c2F)C1. The molecule has 2 aliphatic rings. The van der Waals surface area contributed by atoms with Gasteiger partial charge in [0.2, 0.25) is 0 Å². The van der Waals surface area contributed by atoms with Gasteiger partial charge in [0.1, 0.15) is 11.5 Å². The van der Waals surface area contributed by atoms with Crippen molar-refractivity contribution in [2.45, 2.75) is 31.2 Å². The van der Waals surface area contributed by atoms with Crippen LogP contribution >= 0.6 is 0 Å². The van der Waals surface area contributed by atoms with Gasteiger partial charge in [0.25, 0.3) is 0 Å². The van der Waals surface area contributed by atoms with Crippen molar-refractivity contribution in [2.75, 3.05) is 24.9 Å². The van der Waals surface area contributed by atoms with Gasteiger partial charge < -0.3 is 10.3 Å². The maximum Gasteiger partial charge on any atom is 0.301 e. The molecular formula is C26H26FN7O3S. The number of likely N-dealkylation sites (N-methyl/N-ethyl adjacent to an activating group) is 1. The minimum atomic E-state index is -3.99. The Morgan fingerprint density at radius 3 is 2.55 bits per heavy atom. The number of aromatic nitrogens is 4. The van der Waals surface area contributed by atoms with Crippen molar-refractivity contribution in [2.24, 2.45) is 0 Å². The van der Waals surface area contributed by atoms with Gasteiger partial charge in [-0.25, -0.2) is 19.3 Å². The molecule has 38 heavy (non-hydrogen) atoms. The Morgan fingerprint density at radius 2 is 1.84 bits per heavy atom. The van der Waals surface area contributed by atoms with E-state index in [4.69, 9.17) is 0 Å². The first-order chi connectivity index (χ1) is 18.3. The Labute approximate surface area is 218 Å². The number of nitrogens with one attached hydrogen (secondary N) is 3.